The lowest BCUT2D eigenvalue weighted by Crippen LogP contribution is -2.17. The lowest BCUT2D eigenvalue weighted by molar-refractivity contribution is 0.122. The molecule has 1 aromatic rings. The van der Waals surface area contributed by atoms with Gasteiger partial charge in [0.05, 0.1) is 6.10 Å². The summed E-state index contributed by atoms with van der Waals surface area (Å²) in [7, 11) is 1.92. The van der Waals surface area contributed by atoms with Crippen molar-refractivity contribution in [2.24, 2.45) is 0 Å². The van der Waals surface area contributed by atoms with Gasteiger partial charge >= 0.3 is 0 Å². The number of benzene rings is 1. The van der Waals surface area contributed by atoms with Gasteiger partial charge in [0, 0.05) is 11.6 Å². The van der Waals surface area contributed by atoms with Crippen LogP contribution in [0.2, 0.25) is 0 Å². The molecule has 0 saturated heterocycles. The molecule has 2 N–H and O–H groups in total. The summed E-state index contributed by atoms with van der Waals surface area (Å²) in [5.41, 5.74) is 2.28. The van der Waals surface area contributed by atoms with Crippen molar-refractivity contribution in [1.29, 1.82) is 0 Å². The van der Waals surface area contributed by atoms with Crippen molar-refractivity contribution in [3.8, 4) is 5.75 Å². The van der Waals surface area contributed by atoms with Crippen LogP contribution in [-0.2, 0) is 0 Å². The molecular weight excluding hydrogens is 202 g/mol. The van der Waals surface area contributed by atoms with Gasteiger partial charge in [0.15, 0.2) is 0 Å². The van der Waals surface area contributed by atoms with Gasteiger partial charge in [-0.3, -0.25) is 0 Å². The summed E-state index contributed by atoms with van der Waals surface area (Å²) in [5.74, 6) is 0.850. The molecule has 0 aliphatic heterocycles. The molecule has 0 fully saturated rings. The third-order valence-electron chi connectivity index (χ3n) is 2.55. The third-order valence-corrected chi connectivity index (χ3v) is 2.55. The van der Waals surface area contributed by atoms with E-state index in [1.807, 2.05) is 20.0 Å². The molecule has 0 heterocycles. The van der Waals surface area contributed by atoms with E-state index in [1.54, 1.807) is 6.92 Å². The van der Waals surface area contributed by atoms with Gasteiger partial charge in [-0.1, -0.05) is 12.1 Å². The van der Waals surface area contributed by atoms with Crippen molar-refractivity contribution in [3.63, 3.8) is 0 Å². The minimum absolute atomic E-state index is 0.240. The number of nitrogens with one attached hydrogen (secondary N) is 1. The second-order valence-corrected chi connectivity index (χ2v) is 4.21. The van der Waals surface area contributed by atoms with Crippen molar-refractivity contribution in [3.05, 3.63) is 29.3 Å². The lowest BCUT2D eigenvalue weighted by Gasteiger charge is -2.17. The monoisotopic (exact) mass is 223 g/mol. The summed E-state index contributed by atoms with van der Waals surface area (Å²) < 4.78 is 5.61. The molecule has 3 nitrogen and oxygen atoms in total. The van der Waals surface area contributed by atoms with E-state index < -0.39 is 6.10 Å². The van der Waals surface area contributed by atoms with Gasteiger partial charge in [-0.2, -0.15) is 0 Å². The Kier molecular flexibility index (Phi) is 4.77. The fourth-order valence-electron chi connectivity index (χ4n) is 1.49. The van der Waals surface area contributed by atoms with Crippen molar-refractivity contribution in [2.75, 3.05) is 13.7 Å². The Hall–Kier alpha value is -1.06. The van der Waals surface area contributed by atoms with Crippen LogP contribution in [0.25, 0.3) is 0 Å². The average Bonchev–Trinajstić information content (AvgIpc) is 2.25. The molecule has 2 atom stereocenters. The molecule has 1 rings (SSSR count). The van der Waals surface area contributed by atoms with Crippen LogP contribution in [0.3, 0.4) is 0 Å². The first-order chi connectivity index (χ1) is 7.54. The van der Waals surface area contributed by atoms with Crippen LogP contribution < -0.4 is 10.1 Å². The van der Waals surface area contributed by atoms with Crippen molar-refractivity contribution in [1.82, 2.24) is 5.32 Å². The van der Waals surface area contributed by atoms with Gasteiger partial charge in [0.1, 0.15) is 12.4 Å². The predicted octanol–water partition coefficient (Wildman–Crippen LogP) is 2.04. The van der Waals surface area contributed by atoms with Crippen LogP contribution >= 0.6 is 0 Å². The molecular formula is C13H21NO2. The van der Waals surface area contributed by atoms with Gasteiger partial charge in [-0.25, -0.2) is 0 Å². The Morgan fingerprint density at radius 3 is 2.62 bits per heavy atom. The van der Waals surface area contributed by atoms with E-state index in [9.17, 15) is 5.11 Å². The van der Waals surface area contributed by atoms with E-state index in [0.29, 0.717) is 6.61 Å². The van der Waals surface area contributed by atoms with E-state index in [0.717, 1.165) is 16.9 Å². The van der Waals surface area contributed by atoms with Crippen molar-refractivity contribution >= 4 is 0 Å². The van der Waals surface area contributed by atoms with Crippen LogP contribution in [0.4, 0.5) is 0 Å². The second kappa shape index (κ2) is 5.87. The quantitative estimate of drug-likeness (QED) is 0.802. The van der Waals surface area contributed by atoms with E-state index in [4.69, 9.17) is 4.74 Å². The van der Waals surface area contributed by atoms with Crippen LogP contribution in [0.5, 0.6) is 5.75 Å². The largest absolute Gasteiger partial charge is 0.491 e. The first kappa shape index (κ1) is 13.0. The molecule has 3 heteroatoms. The Morgan fingerprint density at radius 2 is 2.06 bits per heavy atom. The van der Waals surface area contributed by atoms with Crippen molar-refractivity contribution < 1.29 is 9.84 Å². The van der Waals surface area contributed by atoms with E-state index in [1.165, 1.54) is 0 Å². The normalized spacial score (nSPS) is 14.6. The Morgan fingerprint density at radius 1 is 1.38 bits per heavy atom. The first-order valence-electron chi connectivity index (χ1n) is 5.63. The number of hydrogen-bond donors (Lipinski definition) is 2. The number of aliphatic hydroxyl groups is 1. The second-order valence-electron chi connectivity index (χ2n) is 4.21. The summed E-state index contributed by atoms with van der Waals surface area (Å²) >= 11 is 0. The number of rotatable bonds is 5. The molecule has 0 bridgehead atoms. The topological polar surface area (TPSA) is 41.5 Å². The van der Waals surface area contributed by atoms with E-state index in [2.05, 4.69) is 24.4 Å². The third kappa shape index (κ3) is 3.51. The van der Waals surface area contributed by atoms with Crippen LogP contribution in [0.1, 0.15) is 31.0 Å². The van der Waals surface area contributed by atoms with Gasteiger partial charge in [0.2, 0.25) is 0 Å². The lowest BCUT2D eigenvalue weighted by atomic mass is 10.1. The molecule has 0 aliphatic rings. The number of aryl methyl sites for hydroxylation is 1. The Labute approximate surface area is 97.4 Å². The average molecular weight is 223 g/mol. The molecule has 0 amide bonds. The zero-order valence-corrected chi connectivity index (χ0v) is 10.4. The molecule has 0 aliphatic carbocycles. The molecule has 0 spiro atoms. The Balaban J connectivity index is 2.89. The summed E-state index contributed by atoms with van der Waals surface area (Å²) in [6, 6.07) is 6.38. The smallest absolute Gasteiger partial charge is 0.124 e. The van der Waals surface area contributed by atoms with E-state index in [-0.39, 0.29) is 6.04 Å². The zero-order valence-electron chi connectivity index (χ0n) is 10.4. The maximum Gasteiger partial charge on any atom is 0.124 e. The maximum atomic E-state index is 9.23. The SMILES string of the molecule is CNC(C)c1ccc(C)cc1OCC(C)O. The van der Waals surface area contributed by atoms with Crippen LogP contribution in [0.15, 0.2) is 18.2 Å². The van der Waals surface area contributed by atoms with Crippen LogP contribution in [-0.4, -0.2) is 24.9 Å². The summed E-state index contributed by atoms with van der Waals surface area (Å²) in [5, 5.41) is 12.4. The highest BCUT2D eigenvalue weighted by molar-refractivity contribution is 5.39. The van der Waals surface area contributed by atoms with Gasteiger partial charge in [-0.05, 0) is 39.4 Å². The summed E-state index contributed by atoms with van der Waals surface area (Å²) in [6.07, 6.45) is -0.446. The summed E-state index contributed by atoms with van der Waals surface area (Å²) in [4.78, 5) is 0. The highest BCUT2D eigenvalue weighted by Gasteiger charge is 2.10. The molecule has 0 radical (unpaired) electrons. The van der Waals surface area contributed by atoms with Gasteiger partial charge in [-0.15, -0.1) is 0 Å². The van der Waals surface area contributed by atoms with Crippen molar-refractivity contribution in [2.45, 2.75) is 32.9 Å². The molecule has 2 unspecified atom stereocenters. The molecule has 90 valence electrons. The Bertz CT molecular complexity index is 337. The number of hydrogen-bond acceptors (Lipinski definition) is 3. The number of ether oxygens (including phenoxy) is 1. The summed E-state index contributed by atoms with van der Waals surface area (Å²) in [6.45, 7) is 6.16. The zero-order chi connectivity index (χ0) is 12.1. The molecule has 1 aromatic carbocycles. The van der Waals surface area contributed by atoms with E-state index >= 15 is 0 Å². The maximum absolute atomic E-state index is 9.23. The minimum atomic E-state index is -0.446. The minimum Gasteiger partial charge on any atom is -0.491 e. The fourth-order valence-corrected chi connectivity index (χ4v) is 1.49. The first-order valence-corrected chi connectivity index (χ1v) is 5.63. The fraction of sp³-hybridized carbons (Fsp3) is 0.538. The highest BCUT2D eigenvalue weighted by atomic mass is 16.5. The molecule has 16 heavy (non-hydrogen) atoms. The number of aliphatic hydroxyl groups excluding tert-OH is 1. The molecule has 0 saturated carbocycles. The standard InChI is InChI=1S/C13H21NO2/c1-9-5-6-12(11(3)14-4)13(7-9)16-8-10(2)15/h5-7,10-11,14-15H,8H2,1-4H3. The van der Waals surface area contributed by atoms with Gasteiger partial charge < -0.3 is 15.2 Å². The van der Waals surface area contributed by atoms with Gasteiger partial charge in [0.25, 0.3) is 0 Å². The molecule has 0 aromatic heterocycles. The highest BCUT2D eigenvalue weighted by Crippen LogP contribution is 2.26. The predicted molar refractivity (Wildman–Crippen MR) is 65.8 cm³/mol. The van der Waals surface area contributed by atoms with Crippen LogP contribution in [0, 0.1) is 6.92 Å².